The van der Waals surface area contributed by atoms with Gasteiger partial charge in [-0.05, 0) is 31.0 Å². The van der Waals surface area contributed by atoms with Crippen molar-refractivity contribution in [2.45, 2.75) is 19.3 Å². The van der Waals surface area contributed by atoms with Gasteiger partial charge in [-0.3, -0.25) is 15.2 Å². The quantitative estimate of drug-likeness (QED) is 0.788. The Morgan fingerprint density at radius 2 is 2.19 bits per heavy atom. The van der Waals surface area contributed by atoms with Crippen LogP contribution >= 0.6 is 0 Å². The molecule has 3 N–H and O–H groups in total. The molecule has 0 radical (unpaired) electrons. The lowest BCUT2D eigenvalue weighted by Gasteiger charge is -2.20. The highest BCUT2D eigenvalue weighted by atomic mass is 16.2. The second-order valence-corrected chi connectivity index (χ2v) is 3.96. The molecule has 0 aliphatic carbocycles. The molecule has 1 aliphatic heterocycles. The summed E-state index contributed by atoms with van der Waals surface area (Å²) in [6.45, 7) is 1.44. The van der Waals surface area contributed by atoms with Gasteiger partial charge in [0.15, 0.2) is 0 Å². The minimum Gasteiger partial charge on any atom is -0.330 e. The fourth-order valence-electron chi connectivity index (χ4n) is 1.93. The van der Waals surface area contributed by atoms with E-state index in [0.717, 1.165) is 25.1 Å². The van der Waals surface area contributed by atoms with E-state index < -0.39 is 0 Å². The summed E-state index contributed by atoms with van der Waals surface area (Å²) in [6.07, 6.45) is 2.50. The number of carbonyl (C=O) groups excluding carboxylic acids is 1. The molecule has 1 fully saturated rings. The first kappa shape index (κ1) is 11.0. The van der Waals surface area contributed by atoms with Gasteiger partial charge in [0.05, 0.1) is 5.69 Å². The van der Waals surface area contributed by atoms with Crippen LogP contribution in [0.2, 0.25) is 0 Å². The standard InChI is InChI=1S/C12H17N3O/c13-8-3-5-10-4-1-2-6-11(10)15-9-7-12(16)14-15/h1-2,4,6H,3,5,7-9,13H2,(H,14,16). The van der Waals surface area contributed by atoms with Crippen LogP contribution in [0.4, 0.5) is 5.69 Å². The Kier molecular flexibility index (Phi) is 3.41. The molecule has 0 saturated carbocycles. The van der Waals surface area contributed by atoms with Gasteiger partial charge in [0, 0.05) is 13.0 Å². The third-order valence-corrected chi connectivity index (χ3v) is 2.75. The van der Waals surface area contributed by atoms with Gasteiger partial charge < -0.3 is 5.73 Å². The number of rotatable bonds is 4. The summed E-state index contributed by atoms with van der Waals surface area (Å²) in [5.41, 5.74) is 10.7. The van der Waals surface area contributed by atoms with Crippen LogP contribution in [0.25, 0.3) is 0 Å². The maximum Gasteiger partial charge on any atom is 0.240 e. The number of nitrogens with two attached hydrogens (primary N) is 1. The van der Waals surface area contributed by atoms with Gasteiger partial charge >= 0.3 is 0 Å². The Morgan fingerprint density at radius 1 is 1.38 bits per heavy atom. The van der Waals surface area contributed by atoms with Crippen molar-refractivity contribution in [3.8, 4) is 0 Å². The Balaban J connectivity index is 2.15. The number of hydrazine groups is 1. The van der Waals surface area contributed by atoms with Crippen molar-refractivity contribution < 1.29 is 4.79 Å². The normalized spacial score (nSPS) is 15.3. The predicted octanol–water partition coefficient (Wildman–Crippen LogP) is 0.819. The molecule has 0 bridgehead atoms. The smallest absolute Gasteiger partial charge is 0.240 e. The number of hydrogen-bond acceptors (Lipinski definition) is 3. The number of nitrogens with one attached hydrogen (secondary N) is 1. The van der Waals surface area contributed by atoms with Crippen LogP contribution in [0, 0.1) is 0 Å². The number of hydrogen-bond donors (Lipinski definition) is 2. The van der Waals surface area contributed by atoms with Crippen LogP contribution in [0.1, 0.15) is 18.4 Å². The maximum absolute atomic E-state index is 11.2. The van der Waals surface area contributed by atoms with Crippen molar-refractivity contribution in [2.24, 2.45) is 5.73 Å². The molecule has 2 rings (SSSR count). The highest BCUT2D eigenvalue weighted by molar-refractivity contribution is 5.81. The van der Waals surface area contributed by atoms with Crippen molar-refractivity contribution in [1.29, 1.82) is 0 Å². The van der Waals surface area contributed by atoms with Crippen LogP contribution in [0.3, 0.4) is 0 Å². The molecular formula is C12H17N3O. The number of amides is 1. The summed E-state index contributed by atoms with van der Waals surface area (Å²) in [7, 11) is 0. The minimum atomic E-state index is 0.0913. The number of benzene rings is 1. The zero-order valence-corrected chi connectivity index (χ0v) is 9.28. The van der Waals surface area contributed by atoms with Gasteiger partial charge in [0.2, 0.25) is 5.91 Å². The van der Waals surface area contributed by atoms with E-state index in [-0.39, 0.29) is 5.91 Å². The van der Waals surface area contributed by atoms with E-state index in [2.05, 4.69) is 11.5 Å². The molecule has 4 nitrogen and oxygen atoms in total. The van der Waals surface area contributed by atoms with E-state index >= 15 is 0 Å². The second-order valence-electron chi connectivity index (χ2n) is 3.96. The molecule has 16 heavy (non-hydrogen) atoms. The lowest BCUT2D eigenvalue weighted by molar-refractivity contribution is -0.119. The third-order valence-electron chi connectivity index (χ3n) is 2.75. The monoisotopic (exact) mass is 219 g/mol. The van der Waals surface area contributed by atoms with E-state index in [0.29, 0.717) is 13.0 Å². The first-order chi connectivity index (χ1) is 7.81. The molecule has 1 saturated heterocycles. The largest absolute Gasteiger partial charge is 0.330 e. The zero-order chi connectivity index (χ0) is 11.4. The molecule has 1 aliphatic rings. The van der Waals surface area contributed by atoms with E-state index in [1.807, 2.05) is 23.2 Å². The highest BCUT2D eigenvalue weighted by Crippen LogP contribution is 2.22. The van der Waals surface area contributed by atoms with Crippen molar-refractivity contribution in [2.75, 3.05) is 18.1 Å². The van der Waals surface area contributed by atoms with Crippen molar-refractivity contribution in [3.05, 3.63) is 29.8 Å². The highest BCUT2D eigenvalue weighted by Gasteiger charge is 2.20. The second kappa shape index (κ2) is 4.99. The van der Waals surface area contributed by atoms with E-state index in [1.54, 1.807) is 0 Å². The van der Waals surface area contributed by atoms with E-state index in [9.17, 15) is 4.79 Å². The first-order valence-electron chi connectivity index (χ1n) is 5.66. The van der Waals surface area contributed by atoms with Gasteiger partial charge in [0.25, 0.3) is 0 Å². The van der Waals surface area contributed by atoms with Crippen molar-refractivity contribution in [3.63, 3.8) is 0 Å². The molecule has 1 amide bonds. The number of nitrogens with zero attached hydrogens (tertiary/aromatic N) is 1. The summed E-state index contributed by atoms with van der Waals surface area (Å²) < 4.78 is 0. The lowest BCUT2D eigenvalue weighted by atomic mass is 10.1. The molecular weight excluding hydrogens is 202 g/mol. The average molecular weight is 219 g/mol. The fourth-order valence-corrected chi connectivity index (χ4v) is 1.93. The molecule has 4 heteroatoms. The molecule has 1 aromatic rings. The minimum absolute atomic E-state index is 0.0913. The van der Waals surface area contributed by atoms with Crippen molar-refractivity contribution >= 4 is 11.6 Å². The molecule has 1 heterocycles. The molecule has 0 unspecified atom stereocenters. The van der Waals surface area contributed by atoms with Gasteiger partial charge in [-0.2, -0.15) is 0 Å². The number of aryl methyl sites for hydroxylation is 1. The zero-order valence-electron chi connectivity index (χ0n) is 9.28. The van der Waals surface area contributed by atoms with Gasteiger partial charge in [-0.1, -0.05) is 18.2 Å². The van der Waals surface area contributed by atoms with Crippen LogP contribution in [-0.4, -0.2) is 19.0 Å². The average Bonchev–Trinajstić information content (AvgIpc) is 2.73. The Labute approximate surface area is 95.4 Å². The summed E-state index contributed by atoms with van der Waals surface area (Å²) in [5, 5.41) is 1.92. The fraction of sp³-hybridized carbons (Fsp3) is 0.417. The summed E-state index contributed by atoms with van der Waals surface area (Å²) in [4.78, 5) is 11.2. The van der Waals surface area contributed by atoms with Crippen LogP contribution in [0.15, 0.2) is 24.3 Å². The van der Waals surface area contributed by atoms with Crippen LogP contribution in [-0.2, 0) is 11.2 Å². The number of anilines is 1. The van der Waals surface area contributed by atoms with E-state index in [1.165, 1.54) is 5.56 Å². The Hall–Kier alpha value is -1.55. The predicted molar refractivity (Wildman–Crippen MR) is 63.9 cm³/mol. The van der Waals surface area contributed by atoms with Crippen LogP contribution < -0.4 is 16.2 Å². The first-order valence-corrected chi connectivity index (χ1v) is 5.66. The van der Waals surface area contributed by atoms with Gasteiger partial charge in [-0.25, -0.2) is 0 Å². The van der Waals surface area contributed by atoms with E-state index in [4.69, 9.17) is 5.73 Å². The molecule has 0 aromatic heterocycles. The SMILES string of the molecule is NCCCc1ccccc1N1CCC(=O)N1. The maximum atomic E-state index is 11.2. The summed E-state index contributed by atoms with van der Waals surface area (Å²) in [6, 6.07) is 8.14. The van der Waals surface area contributed by atoms with Crippen molar-refractivity contribution in [1.82, 2.24) is 5.43 Å². The van der Waals surface area contributed by atoms with Crippen LogP contribution in [0.5, 0.6) is 0 Å². The Bertz CT molecular complexity index is 378. The third kappa shape index (κ3) is 2.33. The number of carbonyl (C=O) groups is 1. The number of para-hydroxylation sites is 1. The molecule has 0 spiro atoms. The lowest BCUT2D eigenvalue weighted by Crippen LogP contribution is -2.33. The topological polar surface area (TPSA) is 58.4 Å². The molecule has 0 atom stereocenters. The molecule has 1 aromatic carbocycles. The molecule has 86 valence electrons. The summed E-state index contributed by atoms with van der Waals surface area (Å²) >= 11 is 0. The van der Waals surface area contributed by atoms with Gasteiger partial charge in [0.1, 0.15) is 0 Å². The van der Waals surface area contributed by atoms with Gasteiger partial charge in [-0.15, -0.1) is 0 Å². The Morgan fingerprint density at radius 3 is 2.88 bits per heavy atom. The summed E-state index contributed by atoms with van der Waals surface area (Å²) in [5.74, 6) is 0.0913.